The van der Waals surface area contributed by atoms with Gasteiger partial charge < -0.3 is 15.2 Å². The maximum absolute atomic E-state index is 9.80. The summed E-state index contributed by atoms with van der Waals surface area (Å²) in [4.78, 5) is 0. The monoisotopic (exact) mass is 319 g/mol. The van der Waals surface area contributed by atoms with Gasteiger partial charge >= 0.3 is 0 Å². The number of benzene rings is 1. The highest BCUT2D eigenvalue weighted by Crippen LogP contribution is 2.22. The average Bonchev–Trinajstić information content (AvgIpc) is 2.34. The van der Waals surface area contributed by atoms with Crippen molar-refractivity contribution in [3.63, 3.8) is 0 Å². The summed E-state index contributed by atoms with van der Waals surface area (Å²) in [5, 5.41) is 14.0. The summed E-state index contributed by atoms with van der Waals surface area (Å²) in [6, 6.07) is 5.20. The van der Waals surface area contributed by atoms with Gasteiger partial charge in [-0.1, -0.05) is 37.0 Å². The van der Waals surface area contributed by atoms with Gasteiger partial charge in [-0.05, 0) is 37.0 Å². The lowest BCUT2D eigenvalue weighted by molar-refractivity contribution is 0.0409. The molecule has 0 saturated carbocycles. The van der Waals surface area contributed by atoms with Crippen LogP contribution in [0.2, 0.25) is 10.0 Å². The molecule has 1 rings (SSSR count). The zero-order valence-corrected chi connectivity index (χ0v) is 13.5. The molecular formula is C15H23Cl2NO2. The standard InChI is InChI=1S/C15H23Cl2NO2/c1-11(2)4-3-5-20-10-15(19)9-18-14-7-12(16)6-13(17)8-14/h6-8,11,15,18-19H,3-5,9-10H2,1-2H3. The first-order valence-corrected chi connectivity index (χ1v) is 7.68. The van der Waals surface area contributed by atoms with E-state index in [-0.39, 0.29) is 0 Å². The maximum atomic E-state index is 9.80. The summed E-state index contributed by atoms with van der Waals surface area (Å²) >= 11 is 11.8. The van der Waals surface area contributed by atoms with Gasteiger partial charge in [-0.15, -0.1) is 0 Å². The second-order valence-corrected chi connectivity index (χ2v) is 6.18. The number of rotatable bonds is 9. The van der Waals surface area contributed by atoms with Gasteiger partial charge in [0.15, 0.2) is 0 Å². The molecule has 20 heavy (non-hydrogen) atoms. The van der Waals surface area contributed by atoms with Crippen LogP contribution in [0.1, 0.15) is 26.7 Å². The van der Waals surface area contributed by atoms with Gasteiger partial charge in [0.05, 0.1) is 12.7 Å². The molecule has 0 bridgehead atoms. The minimum absolute atomic E-state index is 0.333. The van der Waals surface area contributed by atoms with Crippen molar-refractivity contribution in [1.82, 2.24) is 0 Å². The number of aliphatic hydroxyl groups excluding tert-OH is 1. The number of aliphatic hydroxyl groups is 1. The fourth-order valence-corrected chi connectivity index (χ4v) is 2.29. The predicted octanol–water partition coefficient (Wildman–Crippen LogP) is 4.22. The molecule has 0 aliphatic heterocycles. The van der Waals surface area contributed by atoms with Crippen molar-refractivity contribution >= 4 is 28.9 Å². The summed E-state index contributed by atoms with van der Waals surface area (Å²) in [5.41, 5.74) is 0.793. The van der Waals surface area contributed by atoms with E-state index >= 15 is 0 Å². The third-order valence-corrected chi connectivity index (χ3v) is 3.22. The predicted molar refractivity (Wildman–Crippen MR) is 85.8 cm³/mol. The first kappa shape index (κ1) is 17.6. The number of nitrogens with one attached hydrogen (secondary N) is 1. The molecule has 0 spiro atoms. The second-order valence-electron chi connectivity index (χ2n) is 5.30. The van der Waals surface area contributed by atoms with Crippen LogP contribution >= 0.6 is 23.2 Å². The van der Waals surface area contributed by atoms with E-state index in [0.717, 1.165) is 18.5 Å². The molecule has 0 amide bonds. The molecule has 0 saturated heterocycles. The lowest BCUT2D eigenvalue weighted by atomic mass is 10.1. The van der Waals surface area contributed by atoms with Crippen LogP contribution in [0.25, 0.3) is 0 Å². The fourth-order valence-electron chi connectivity index (χ4n) is 1.76. The largest absolute Gasteiger partial charge is 0.389 e. The number of halogens is 2. The number of hydrogen-bond acceptors (Lipinski definition) is 3. The normalized spacial score (nSPS) is 12.7. The van der Waals surface area contributed by atoms with Gasteiger partial charge in [0.1, 0.15) is 0 Å². The van der Waals surface area contributed by atoms with Gasteiger partial charge in [-0.3, -0.25) is 0 Å². The molecule has 0 heterocycles. The Kier molecular flexibility index (Phi) is 8.31. The molecule has 1 aromatic carbocycles. The van der Waals surface area contributed by atoms with Crippen LogP contribution in [-0.4, -0.2) is 31.0 Å². The summed E-state index contributed by atoms with van der Waals surface area (Å²) in [5.74, 6) is 0.692. The summed E-state index contributed by atoms with van der Waals surface area (Å²) in [6.45, 7) is 5.81. The number of ether oxygens (including phenoxy) is 1. The molecule has 0 aromatic heterocycles. The van der Waals surface area contributed by atoms with Gasteiger partial charge in [0.2, 0.25) is 0 Å². The topological polar surface area (TPSA) is 41.5 Å². The molecule has 1 atom stereocenters. The van der Waals surface area contributed by atoms with Gasteiger partial charge in [-0.2, -0.15) is 0 Å². The van der Waals surface area contributed by atoms with Crippen LogP contribution in [0.3, 0.4) is 0 Å². The minimum Gasteiger partial charge on any atom is -0.389 e. The molecule has 114 valence electrons. The highest BCUT2D eigenvalue weighted by molar-refractivity contribution is 6.35. The Morgan fingerprint density at radius 2 is 1.85 bits per heavy atom. The van der Waals surface area contributed by atoms with Crippen molar-refractivity contribution in [3.05, 3.63) is 28.2 Å². The lowest BCUT2D eigenvalue weighted by Gasteiger charge is -2.14. The summed E-state index contributed by atoms with van der Waals surface area (Å²) in [7, 11) is 0. The van der Waals surface area contributed by atoms with E-state index in [1.165, 1.54) is 0 Å². The Bertz CT molecular complexity index is 379. The summed E-state index contributed by atoms with van der Waals surface area (Å²) in [6.07, 6.45) is 1.63. The highest BCUT2D eigenvalue weighted by Gasteiger charge is 2.05. The van der Waals surface area contributed by atoms with E-state index in [2.05, 4.69) is 19.2 Å². The third-order valence-electron chi connectivity index (χ3n) is 2.78. The molecule has 0 radical (unpaired) electrons. The van der Waals surface area contributed by atoms with Crippen LogP contribution in [-0.2, 0) is 4.74 Å². The van der Waals surface area contributed by atoms with Crippen LogP contribution in [0.5, 0.6) is 0 Å². The van der Waals surface area contributed by atoms with Crippen molar-refractivity contribution in [2.75, 3.05) is 25.1 Å². The third kappa shape index (κ3) is 7.95. The van der Waals surface area contributed by atoms with Crippen LogP contribution < -0.4 is 5.32 Å². The first-order valence-electron chi connectivity index (χ1n) is 6.93. The smallest absolute Gasteiger partial charge is 0.0945 e. The molecule has 0 aliphatic rings. The first-order chi connectivity index (χ1) is 9.47. The molecule has 0 aliphatic carbocycles. The van der Waals surface area contributed by atoms with Crippen molar-refractivity contribution in [2.24, 2.45) is 5.92 Å². The summed E-state index contributed by atoms with van der Waals surface area (Å²) < 4.78 is 5.44. The Morgan fingerprint density at radius 3 is 2.45 bits per heavy atom. The Balaban J connectivity index is 2.17. The minimum atomic E-state index is -0.549. The quantitative estimate of drug-likeness (QED) is 0.670. The fraction of sp³-hybridized carbons (Fsp3) is 0.600. The van der Waals surface area contributed by atoms with E-state index in [1.54, 1.807) is 18.2 Å². The Labute approximate surface area is 131 Å². The molecular weight excluding hydrogens is 297 g/mol. The van der Waals surface area contributed by atoms with Crippen LogP contribution in [0.4, 0.5) is 5.69 Å². The van der Waals surface area contributed by atoms with Crippen molar-refractivity contribution in [1.29, 1.82) is 0 Å². The van der Waals surface area contributed by atoms with Gasteiger partial charge in [0, 0.05) is 28.9 Å². The van der Waals surface area contributed by atoms with E-state index in [1.807, 2.05) is 0 Å². The Morgan fingerprint density at radius 1 is 1.20 bits per heavy atom. The van der Waals surface area contributed by atoms with Crippen molar-refractivity contribution in [3.8, 4) is 0 Å². The molecule has 5 heteroatoms. The van der Waals surface area contributed by atoms with Gasteiger partial charge in [-0.25, -0.2) is 0 Å². The Hall–Kier alpha value is -0.480. The number of hydrogen-bond donors (Lipinski definition) is 2. The van der Waals surface area contributed by atoms with Crippen LogP contribution in [0, 0.1) is 5.92 Å². The van der Waals surface area contributed by atoms with E-state index < -0.39 is 6.10 Å². The maximum Gasteiger partial charge on any atom is 0.0945 e. The number of anilines is 1. The van der Waals surface area contributed by atoms with Crippen LogP contribution in [0.15, 0.2) is 18.2 Å². The zero-order valence-electron chi connectivity index (χ0n) is 12.0. The zero-order chi connectivity index (χ0) is 15.0. The van der Waals surface area contributed by atoms with E-state index in [0.29, 0.717) is 35.7 Å². The molecule has 1 unspecified atom stereocenters. The second kappa shape index (κ2) is 9.46. The van der Waals surface area contributed by atoms with Gasteiger partial charge in [0.25, 0.3) is 0 Å². The van der Waals surface area contributed by atoms with Crippen molar-refractivity contribution < 1.29 is 9.84 Å². The van der Waals surface area contributed by atoms with E-state index in [4.69, 9.17) is 27.9 Å². The highest BCUT2D eigenvalue weighted by atomic mass is 35.5. The van der Waals surface area contributed by atoms with E-state index in [9.17, 15) is 5.11 Å². The lowest BCUT2D eigenvalue weighted by Crippen LogP contribution is -2.25. The molecule has 2 N–H and O–H groups in total. The average molecular weight is 320 g/mol. The molecule has 0 fully saturated rings. The SMILES string of the molecule is CC(C)CCCOCC(O)CNc1cc(Cl)cc(Cl)c1. The molecule has 3 nitrogen and oxygen atoms in total. The molecule has 1 aromatic rings. The van der Waals surface area contributed by atoms with Crippen molar-refractivity contribution in [2.45, 2.75) is 32.8 Å².